The maximum atomic E-state index is 9.67. The summed E-state index contributed by atoms with van der Waals surface area (Å²) >= 11 is 0. The molecule has 1 heterocycles. The summed E-state index contributed by atoms with van der Waals surface area (Å²) in [5.41, 5.74) is 0.158. The number of hydrogen-bond acceptors (Lipinski definition) is 2. The normalized spacial score (nSPS) is 27.2. The van der Waals surface area contributed by atoms with Gasteiger partial charge in [0.05, 0.1) is 5.60 Å². The number of rotatable bonds is 1. The Bertz CT molecular complexity index is 164. The molecule has 3 heteroatoms. The van der Waals surface area contributed by atoms with Crippen molar-refractivity contribution in [2.75, 3.05) is 13.1 Å². The van der Waals surface area contributed by atoms with Gasteiger partial charge in [-0.05, 0) is 38.0 Å². The Balaban J connectivity index is 0.000000720. The third-order valence-corrected chi connectivity index (χ3v) is 3.36. The minimum Gasteiger partial charge on any atom is -0.390 e. The van der Waals surface area contributed by atoms with E-state index in [0.29, 0.717) is 11.3 Å². The zero-order valence-electron chi connectivity index (χ0n) is 7.76. The van der Waals surface area contributed by atoms with E-state index in [1.54, 1.807) is 0 Å². The Hall–Kier alpha value is 0.210. The van der Waals surface area contributed by atoms with E-state index in [-0.39, 0.29) is 12.4 Å². The molecular formula is C9H18ClNO. The highest BCUT2D eigenvalue weighted by molar-refractivity contribution is 5.85. The molecule has 0 bridgehead atoms. The first-order chi connectivity index (χ1) is 5.02. The van der Waals surface area contributed by atoms with Crippen LogP contribution in [-0.4, -0.2) is 23.8 Å². The summed E-state index contributed by atoms with van der Waals surface area (Å²) in [6.45, 7) is 6.21. The molecule has 0 aromatic carbocycles. The van der Waals surface area contributed by atoms with Crippen LogP contribution in [0, 0.1) is 11.3 Å². The van der Waals surface area contributed by atoms with Crippen LogP contribution >= 0.6 is 12.4 Å². The molecule has 2 aliphatic rings. The van der Waals surface area contributed by atoms with Gasteiger partial charge in [-0.25, -0.2) is 0 Å². The van der Waals surface area contributed by atoms with Crippen LogP contribution in [0.15, 0.2) is 0 Å². The van der Waals surface area contributed by atoms with Gasteiger partial charge >= 0.3 is 0 Å². The van der Waals surface area contributed by atoms with Gasteiger partial charge in [-0.15, -0.1) is 12.4 Å². The molecule has 72 valence electrons. The summed E-state index contributed by atoms with van der Waals surface area (Å²) in [5.74, 6) is 0.546. The van der Waals surface area contributed by atoms with Crippen LogP contribution in [0.2, 0.25) is 0 Å². The third-order valence-electron chi connectivity index (χ3n) is 3.36. The van der Waals surface area contributed by atoms with Crippen LogP contribution in [0.3, 0.4) is 0 Å². The summed E-state index contributed by atoms with van der Waals surface area (Å²) in [5, 5.41) is 13.0. The monoisotopic (exact) mass is 191 g/mol. The second kappa shape index (κ2) is 2.86. The fourth-order valence-corrected chi connectivity index (χ4v) is 2.25. The lowest BCUT2D eigenvalue weighted by atomic mass is 9.55. The van der Waals surface area contributed by atoms with Gasteiger partial charge < -0.3 is 10.4 Å². The molecule has 1 aliphatic carbocycles. The number of nitrogens with one attached hydrogen (secondary N) is 1. The smallest absolute Gasteiger partial charge is 0.0620 e. The first-order valence-corrected chi connectivity index (χ1v) is 4.45. The predicted octanol–water partition coefficient (Wildman–Crippen LogP) is 1.18. The molecular weight excluding hydrogens is 174 g/mol. The largest absolute Gasteiger partial charge is 0.390 e. The van der Waals surface area contributed by atoms with Crippen LogP contribution in [0.1, 0.15) is 26.7 Å². The van der Waals surface area contributed by atoms with Crippen LogP contribution in [0.4, 0.5) is 0 Å². The molecule has 1 saturated heterocycles. The second-order valence-corrected chi connectivity index (χ2v) is 4.86. The first kappa shape index (κ1) is 10.3. The second-order valence-electron chi connectivity index (χ2n) is 4.86. The summed E-state index contributed by atoms with van der Waals surface area (Å²) in [6, 6.07) is 0. The number of halogens is 1. The molecule has 0 radical (unpaired) electrons. The molecule has 1 spiro atoms. The summed E-state index contributed by atoms with van der Waals surface area (Å²) in [4.78, 5) is 0. The molecule has 0 atom stereocenters. The van der Waals surface area contributed by atoms with Crippen LogP contribution < -0.4 is 5.32 Å². The van der Waals surface area contributed by atoms with Gasteiger partial charge in [0, 0.05) is 13.1 Å². The van der Waals surface area contributed by atoms with E-state index in [1.807, 2.05) is 13.8 Å². The summed E-state index contributed by atoms with van der Waals surface area (Å²) in [7, 11) is 0. The highest BCUT2D eigenvalue weighted by Crippen LogP contribution is 2.52. The third kappa shape index (κ3) is 1.48. The Morgan fingerprint density at radius 1 is 1.33 bits per heavy atom. The zero-order chi connectivity index (χ0) is 8.11. The molecule has 0 unspecified atom stereocenters. The van der Waals surface area contributed by atoms with Gasteiger partial charge in [-0.3, -0.25) is 0 Å². The van der Waals surface area contributed by atoms with Crippen molar-refractivity contribution in [3.8, 4) is 0 Å². The van der Waals surface area contributed by atoms with Gasteiger partial charge in [0.1, 0.15) is 0 Å². The minimum atomic E-state index is -0.444. The number of hydrogen-bond donors (Lipinski definition) is 2. The standard InChI is InChI=1S/C9H17NO.ClH/c1-8(2,11)7-3-9(4-7)5-10-6-9;/h7,10-11H,3-6H2,1-2H3;1H. The Morgan fingerprint density at radius 2 is 1.83 bits per heavy atom. The van der Waals surface area contributed by atoms with Crippen LogP contribution in [0.5, 0.6) is 0 Å². The zero-order valence-corrected chi connectivity index (χ0v) is 8.58. The van der Waals surface area contributed by atoms with Crippen molar-refractivity contribution in [2.24, 2.45) is 11.3 Å². The van der Waals surface area contributed by atoms with E-state index in [1.165, 1.54) is 25.9 Å². The summed E-state index contributed by atoms with van der Waals surface area (Å²) < 4.78 is 0. The quantitative estimate of drug-likeness (QED) is 0.653. The lowest BCUT2D eigenvalue weighted by Crippen LogP contribution is -2.63. The molecule has 2 N–H and O–H groups in total. The van der Waals surface area contributed by atoms with Crippen molar-refractivity contribution in [2.45, 2.75) is 32.3 Å². The van der Waals surface area contributed by atoms with Crippen molar-refractivity contribution in [3.05, 3.63) is 0 Å². The van der Waals surface area contributed by atoms with E-state index in [9.17, 15) is 5.11 Å². The van der Waals surface area contributed by atoms with Crippen molar-refractivity contribution in [3.63, 3.8) is 0 Å². The van der Waals surface area contributed by atoms with E-state index in [2.05, 4.69) is 5.32 Å². The highest BCUT2D eigenvalue weighted by atomic mass is 35.5. The Morgan fingerprint density at radius 3 is 2.08 bits per heavy atom. The van der Waals surface area contributed by atoms with Gasteiger partial charge in [0.25, 0.3) is 0 Å². The van der Waals surface area contributed by atoms with Gasteiger partial charge in [0.2, 0.25) is 0 Å². The molecule has 0 amide bonds. The lowest BCUT2D eigenvalue weighted by Gasteiger charge is -2.57. The topological polar surface area (TPSA) is 32.3 Å². The maximum absolute atomic E-state index is 9.67. The van der Waals surface area contributed by atoms with Crippen molar-refractivity contribution in [1.29, 1.82) is 0 Å². The molecule has 1 aliphatic heterocycles. The first-order valence-electron chi connectivity index (χ1n) is 4.45. The van der Waals surface area contributed by atoms with Crippen molar-refractivity contribution in [1.82, 2.24) is 5.32 Å². The fourth-order valence-electron chi connectivity index (χ4n) is 2.25. The van der Waals surface area contributed by atoms with Crippen LogP contribution in [-0.2, 0) is 0 Å². The Labute approximate surface area is 80.1 Å². The van der Waals surface area contributed by atoms with E-state index in [4.69, 9.17) is 0 Å². The average molecular weight is 192 g/mol. The number of aliphatic hydroxyl groups is 1. The van der Waals surface area contributed by atoms with Gasteiger partial charge in [-0.1, -0.05) is 0 Å². The van der Waals surface area contributed by atoms with Crippen molar-refractivity contribution < 1.29 is 5.11 Å². The van der Waals surface area contributed by atoms with E-state index < -0.39 is 5.60 Å². The van der Waals surface area contributed by atoms with Gasteiger partial charge in [-0.2, -0.15) is 0 Å². The van der Waals surface area contributed by atoms with E-state index >= 15 is 0 Å². The van der Waals surface area contributed by atoms with E-state index in [0.717, 1.165) is 0 Å². The maximum Gasteiger partial charge on any atom is 0.0620 e. The molecule has 12 heavy (non-hydrogen) atoms. The minimum absolute atomic E-state index is 0. The molecule has 2 rings (SSSR count). The summed E-state index contributed by atoms with van der Waals surface area (Å²) in [6.07, 6.45) is 2.45. The SMILES string of the molecule is CC(C)(O)C1CC2(CNC2)C1.Cl. The molecule has 2 fully saturated rings. The van der Waals surface area contributed by atoms with Gasteiger partial charge in [0.15, 0.2) is 0 Å². The Kier molecular flexibility index (Phi) is 2.45. The molecule has 0 aromatic rings. The fraction of sp³-hybridized carbons (Fsp3) is 1.00. The van der Waals surface area contributed by atoms with Crippen molar-refractivity contribution >= 4 is 12.4 Å². The molecule has 0 aromatic heterocycles. The highest BCUT2D eigenvalue weighted by Gasteiger charge is 2.52. The molecule has 2 nitrogen and oxygen atoms in total. The van der Waals surface area contributed by atoms with Crippen LogP contribution in [0.25, 0.3) is 0 Å². The molecule has 1 saturated carbocycles. The predicted molar refractivity (Wildman–Crippen MR) is 51.6 cm³/mol. The average Bonchev–Trinajstić information content (AvgIpc) is 1.49. The lowest BCUT2D eigenvalue weighted by molar-refractivity contribution is -0.105.